The number of hydrogen-bond acceptors (Lipinski definition) is 2. The van der Waals surface area contributed by atoms with Gasteiger partial charge in [0.25, 0.3) is 0 Å². The molecule has 2 unspecified atom stereocenters. The Morgan fingerprint density at radius 3 is 2.64 bits per heavy atom. The molecule has 0 aliphatic carbocycles. The number of aliphatic hydroxyl groups excluding tert-OH is 1. The highest BCUT2D eigenvalue weighted by Crippen LogP contribution is 2.21. The van der Waals surface area contributed by atoms with Crippen molar-refractivity contribution in [3.63, 3.8) is 0 Å². The zero-order valence-electron chi connectivity index (χ0n) is 7.58. The van der Waals surface area contributed by atoms with Crippen LogP contribution in [0.5, 0.6) is 0 Å². The van der Waals surface area contributed by atoms with E-state index in [1.54, 1.807) is 0 Å². The molecule has 0 aromatic heterocycles. The van der Waals surface area contributed by atoms with Crippen LogP contribution in [0.25, 0.3) is 0 Å². The van der Waals surface area contributed by atoms with Crippen molar-refractivity contribution in [2.24, 2.45) is 11.8 Å². The van der Waals surface area contributed by atoms with Gasteiger partial charge in [-0.3, -0.25) is 0 Å². The van der Waals surface area contributed by atoms with Crippen LogP contribution in [0.3, 0.4) is 0 Å². The minimum atomic E-state index is 0.307. The first-order valence-corrected chi connectivity index (χ1v) is 4.57. The van der Waals surface area contributed by atoms with Crippen molar-refractivity contribution in [2.75, 3.05) is 26.2 Å². The average molecular weight is 157 g/mol. The van der Waals surface area contributed by atoms with E-state index >= 15 is 0 Å². The minimum absolute atomic E-state index is 0.307. The van der Waals surface area contributed by atoms with Gasteiger partial charge in [-0.1, -0.05) is 13.8 Å². The van der Waals surface area contributed by atoms with Gasteiger partial charge >= 0.3 is 0 Å². The molecule has 1 rings (SSSR count). The number of rotatable bonds is 2. The quantitative estimate of drug-likeness (QED) is 0.645. The van der Waals surface area contributed by atoms with Crippen molar-refractivity contribution in [1.29, 1.82) is 0 Å². The summed E-state index contributed by atoms with van der Waals surface area (Å²) >= 11 is 0. The third-order valence-electron chi connectivity index (χ3n) is 2.83. The van der Waals surface area contributed by atoms with Gasteiger partial charge in [-0.2, -0.15) is 0 Å². The summed E-state index contributed by atoms with van der Waals surface area (Å²) in [7, 11) is 0. The number of β-amino-alcohol motifs (C(OH)–C–C–N with tert-alkyl or cyclic N) is 1. The van der Waals surface area contributed by atoms with Gasteiger partial charge in [-0.05, 0) is 24.8 Å². The van der Waals surface area contributed by atoms with Crippen molar-refractivity contribution in [2.45, 2.75) is 20.3 Å². The lowest BCUT2D eigenvalue weighted by Crippen LogP contribution is -2.39. The highest BCUT2D eigenvalue weighted by Gasteiger charge is 2.21. The van der Waals surface area contributed by atoms with E-state index in [1.807, 2.05) is 0 Å². The molecule has 0 saturated carbocycles. The molecule has 0 aromatic carbocycles. The molecule has 1 aliphatic heterocycles. The minimum Gasteiger partial charge on any atom is -0.395 e. The van der Waals surface area contributed by atoms with Crippen LogP contribution in [-0.4, -0.2) is 36.2 Å². The first kappa shape index (κ1) is 9.01. The van der Waals surface area contributed by atoms with Crippen molar-refractivity contribution in [3.8, 4) is 0 Å². The Labute approximate surface area is 69.2 Å². The summed E-state index contributed by atoms with van der Waals surface area (Å²) in [6.07, 6.45) is 1.29. The Morgan fingerprint density at radius 1 is 1.36 bits per heavy atom. The normalized spacial score (nSPS) is 34.1. The summed E-state index contributed by atoms with van der Waals surface area (Å²) in [4.78, 5) is 2.35. The van der Waals surface area contributed by atoms with E-state index in [0.29, 0.717) is 6.61 Å². The molecule has 0 bridgehead atoms. The number of aliphatic hydroxyl groups is 1. The van der Waals surface area contributed by atoms with Gasteiger partial charge in [-0.15, -0.1) is 0 Å². The number of piperidine rings is 1. The molecule has 11 heavy (non-hydrogen) atoms. The van der Waals surface area contributed by atoms with Crippen LogP contribution in [-0.2, 0) is 0 Å². The molecule has 0 aromatic rings. The van der Waals surface area contributed by atoms with Gasteiger partial charge in [0, 0.05) is 13.1 Å². The van der Waals surface area contributed by atoms with Gasteiger partial charge in [0.1, 0.15) is 0 Å². The van der Waals surface area contributed by atoms with Crippen molar-refractivity contribution in [1.82, 2.24) is 4.90 Å². The topological polar surface area (TPSA) is 23.5 Å². The summed E-state index contributed by atoms with van der Waals surface area (Å²) in [5.41, 5.74) is 0. The maximum Gasteiger partial charge on any atom is 0.0558 e. The first-order valence-electron chi connectivity index (χ1n) is 4.57. The number of likely N-dealkylation sites (tertiary alicyclic amines) is 1. The third-order valence-corrected chi connectivity index (χ3v) is 2.83. The van der Waals surface area contributed by atoms with E-state index in [2.05, 4.69) is 18.7 Å². The van der Waals surface area contributed by atoms with E-state index in [-0.39, 0.29) is 0 Å². The van der Waals surface area contributed by atoms with Crippen molar-refractivity contribution < 1.29 is 5.11 Å². The van der Waals surface area contributed by atoms with Crippen molar-refractivity contribution >= 4 is 0 Å². The van der Waals surface area contributed by atoms with Crippen LogP contribution in [0, 0.1) is 11.8 Å². The highest BCUT2D eigenvalue weighted by molar-refractivity contribution is 4.74. The fourth-order valence-electron chi connectivity index (χ4n) is 1.69. The van der Waals surface area contributed by atoms with E-state index < -0.39 is 0 Å². The number of nitrogens with zero attached hydrogens (tertiary/aromatic N) is 1. The van der Waals surface area contributed by atoms with Gasteiger partial charge in [-0.25, -0.2) is 0 Å². The van der Waals surface area contributed by atoms with Gasteiger partial charge in [0.2, 0.25) is 0 Å². The van der Waals surface area contributed by atoms with Crippen LogP contribution >= 0.6 is 0 Å². The Balaban J connectivity index is 2.28. The molecule has 1 fully saturated rings. The lowest BCUT2D eigenvalue weighted by molar-refractivity contribution is 0.114. The molecule has 1 aliphatic rings. The van der Waals surface area contributed by atoms with E-state index in [4.69, 9.17) is 5.11 Å². The predicted octanol–water partition coefficient (Wildman–Crippen LogP) is 0.957. The molecule has 1 saturated heterocycles. The molecule has 0 radical (unpaired) electrons. The van der Waals surface area contributed by atoms with Gasteiger partial charge in [0.15, 0.2) is 0 Å². The third kappa shape index (κ3) is 2.46. The molecule has 66 valence electrons. The summed E-state index contributed by atoms with van der Waals surface area (Å²) < 4.78 is 0. The standard InChI is InChI=1S/C9H19NO/c1-8-3-4-10(5-6-11)7-9(8)2/h8-9,11H,3-7H2,1-2H3. The zero-order chi connectivity index (χ0) is 8.27. The van der Waals surface area contributed by atoms with Crippen LogP contribution < -0.4 is 0 Å². The first-order chi connectivity index (χ1) is 5.24. The summed E-state index contributed by atoms with van der Waals surface area (Å²) in [6, 6.07) is 0. The molecular weight excluding hydrogens is 138 g/mol. The van der Waals surface area contributed by atoms with Crippen molar-refractivity contribution in [3.05, 3.63) is 0 Å². The zero-order valence-corrected chi connectivity index (χ0v) is 7.58. The molecule has 0 spiro atoms. The molecule has 1 N–H and O–H groups in total. The van der Waals surface area contributed by atoms with Crippen LogP contribution in [0.1, 0.15) is 20.3 Å². The van der Waals surface area contributed by atoms with E-state index in [1.165, 1.54) is 19.5 Å². The Morgan fingerprint density at radius 2 is 2.09 bits per heavy atom. The molecular formula is C9H19NO. The summed E-state index contributed by atoms with van der Waals surface area (Å²) in [5, 5.41) is 8.73. The van der Waals surface area contributed by atoms with Gasteiger partial charge in [0.05, 0.1) is 6.61 Å². The summed E-state index contributed by atoms with van der Waals surface area (Å²) in [5.74, 6) is 1.67. The number of hydrogen-bond donors (Lipinski definition) is 1. The maximum absolute atomic E-state index is 8.73. The monoisotopic (exact) mass is 157 g/mol. The Kier molecular flexibility index (Phi) is 3.34. The average Bonchev–Trinajstić information content (AvgIpc) is 1.98. The van der Waals surface area contributed by atoms with E-state index in [0.717, 1.165) is 18.4 Å². The predicted molar refractivity (Wildman–Crippen MR) is 46.5 cm³/mol. The largest absolute Gasteiger partial charge is 0.395 e. The molecule has 1 heterocycles. The molecule has 2 nitrogen and oxygen atoms in total. The smallest absolute Gasteiger partial charge is 0.0558 e. The lowest BCUT2D eigenvalue weighted by atomic mass is 9.89. The second kappa shape index (κ2) is 4.07. The second-order valence-corrected chi connectivity index (χ2v) is 3.77. The van der Waals surface area contributed by atoms with Crippen LogP contribution in [0.2, 0.25) is 0 Å². The molecule has 2 heteroatoms. The van der Waals surface area contributed by atoms with Crippen LogP contribution in [0.15, 0.2) is 0 Å². The Bertz CT molecular complexity index is 116. The Hall–Kier alpha value is -0.0800. The lowest BCUT2D eigenvalue weighted by Gasteiger charge is -2.34. The summed E-state index contributed by atoms with van der Waals surface area (Å²) in [6.45, 7) is 8.13. The fraction of sp³-hybridized carbons (Fsp3) is 1.00. The fourth-order valence-corrected chi connectivity index (χ4v) is 1.69. The van der Waals surface area contributed by atoms with E-state index in [9.17, 15) is 0 Å². The molecule has 2 atom stereocenters. The molecule has 0 amide bonds. The second-order valence-electron chi connectivity index (χ2n) is 3.77. The maximum atomic E-state index is 8.73. The van der Waals surface area contributed by atoms with Gasteiger partial charge < -0.3 is 10.0 Å². The SMILES string of the molecule is CC1CCN(CCO)CC1C. The van der Waals surface area contributed by atoms with Crippen LogP contribution in [0.4, 0.5) is 0 Å². The highest BCUT2D eigenvalue weighted by atomic mass is 16.3.